The van der Waals surface area contributed by atoms with Crippen molar-refractivity contribution in [1.82, 2.24) is 5.32 Å². The second kappa shape index (κ2) is 7.49. The fourth-order valence-corrected chi connectivity index (χ4v) is 2.65. The van der Waals surface area contributed by atoms with Crippen LogP contribution in [0, 0.1) is 0 Å². The van der Waals surface area contributed by atoms with E-state index in [9.17, 15) is 14.7 Å². The summed E-state index contributed by atoms with van der Waals surface area (Å²) < 4.78 is 0. The molecule has 2 rings (SSSR count). The summed E-state index contributed by atoms with van der Waals surface area (Å²) in [5, 5.41) is 12.7. The van der Waals surface area contributed by atoms with Gasteiger partial charge >= 0.3 is 5.97 Å². The van der Waals surface area contributed by atoms with Crippen molar-refractivity contribution in [3.8, 4) is 0 Å². The molecule has 2 N–H and O–H groups in total. The summed E-state index contributed by atoms with van der Waals surface area (Å²) in [6.45, 7) is 3.60. The Morgan fingerprint density at radius 3 is 2.38 bits per heavy atom. The average molecular weight is 346 g/mol. The third kappa shape index (κ3) is 4.15. The van der Waals surface area contributed by atoms with E-state index in [0.717, 1.165) is 5.56 Å². The second-order valence-corrected chi connectivity index (χ2v) is 6.58. The summed E-state index contributed by atoms with van der Waals surface area (Å²) in [7, 11) is 0. The molecule has 0 aliphatic rings. The summed E-state index contributed by atoms with van der Waals surface area (Å²) in [6.07, 6.45) is 0. The Balaban J connectivity index is 2.12. The van der Waals surface area contributed by atoms with E-state index in [2.05, 4.69) is 5.32 Å². The van der Waals surface area contributed by atoms with Gasteiger partial charge in [0.15, 0.2) is 0 Å². The zero-order valence-corrected chi connectivity index (χ0v) is 14.4. The van der Waals surface area contributed by atoms with Crippen LogP contribution in [-0.2, 0) is 15.0 Å². The molecule has 0 fully saturated rings. The number of nitrogens with one attached hydrogen (secondary N) is 1. The first-order valence-corrected chi connectivity index (χ1v) is 8.02. The number of rotatable bonds is 6. The van der Waals surface area contributed by atoms with E-state index in [0.29, 0.717) is 10.6 Å². The lowest BCUT2D eigenvalue weighted by molar-refractivity contribution is -0.138. The van der Waals surface area contributed by atoms with Gasteiger partial charge in [-0.25, -0.2) is 0 Å². The van der Waals surface area contributed by atoms with Crippen molar-refractivity contribution in [3.63, 3.8) is 0 Å². The van der Waals surface area contributed by atoms with Crippen LogP contribution in [0.1, 0.15) is 30.9 Å². The Hall–Kier alpha value is -2.33. The van der Waals surface area contributed by atoms with Crippen molar-refractivity contribution >= 4 is 23.5 Å². The van der Waals surface area contributed by atoms with Crippen LogP contribution in [0.3, 0.4) is 0 Å². The first kappa shape index (κ1) is 18.0. The number of carbonyl (C=O) groups excluding carboxylic acids is 1. The van der Waals surface area contributed by atoms with Gasteiger partial charge in [-0.05, 0) is 37.1 Å². The fraction of sp³-hybridized carbons (Fsp3) is 0.263. The molecule has 0 aliphatic heterocycles. The van der Waals surface area contributed by atoms with Crippen LogP contribution in [0.4, 0.5) is 0 Å². The first-order valence-electron chi connectivity index (χ1n) is 7.64. The summed E-state index contributed by atoms with van der Waals surface area (Å²) in [5.74, 6) is -2.00. The van der Waals surface area contributed by atoms with Gasteiger partial charge in [-0.3, -0.25) is 9.59 Å². The Morgan fingerprint density at radius 2 is 1.79 bits per heavy atom. The molecule has 0 radical (unpaired) electrons. The van der Waals surface area contributed by atoms with E-state index >= 15 is 0 Å². The van der Waals surface area contributed by atoms with Crippen molar-refractivity contribution in [2.45, 2.75) is 25.2 Å². The van der Waals surface area contributed by atoms with E-state index in [1.54, 1.807) is 56.3 Å². The van der Waals surface area contributed by atoms with E-state index in [1.807, 2.05) is 12.1 Å². The predicted molar refractivity (Wildman–Crippen MR) is 94.3 cm³/mol. The molecule has 0 spiro atoms. The maximum atomic E-state index is 12.6. The fourth-order valence-electron chi connectivity index (χ4n) is 2.46. The molecule has 126 valence electrons. The number of benzene rings is 2. The van der Waals surface area contributed by atoms with Crippen molar-refractivity contribution in [2.24, 2.45) is 0 Å². The molecule has 2 aromatic rings. The summed E-state index contributed by atoms with van der Waals surface area (Å²) in [5.41, 5.74) is 0.620. The van der Waals surface area contributed by atoms with Gasteiger partial charge in [-0.2, -0.15) is 0 Å². The minimum absolute atomic E-state index is 0.0299. The maximum absolute atomic E-state index is 12.6. The van der Waals surface area contributed by atoms with E-state index < -0.39 is 17.3 Å². The van der Waals surface area contributed by atoms with Gasteiger partial charge in [0.1, 0.15) is 0 Å². The number of hydrogen-bond acceptors (Lipinski definition) is 2. The highest BCUT2D eigenvalue weighted by atomic mass is 35.5. The second-order valence-electron chi connectivity index (χ2n) is 6.15. The molecule has 0 saturated heterocycles. The van der Waals surface area contributed by atoms with Gasteiger partial charge < -0.3 is 10.4 Å². The Morgan fingerprint density at radius 1 is 1.12 bits per heavy atom. The molecule has 4 nitrogen and oxygen atoms in total. The molecular weight excluding hydrogens is 326 g/mol. The number of amides is 1. The van der Waals surface area contributed by atoms with Crippen molar-refractivity contribution in [1.29, 1.82) is 0 Å². The van der Waals surface area contributed by atoms with Crippen LogP contribution in [0.2, 0.25) is 5.02 Å². The van der Waals surface area contributed by atoms with Crippen LogP contribution in [-0.4, -0.2) is 23.5 Å². The van der Waals surface area contributed by atoms with Crippen LogP contribution < -0.4 is 5.32 Å². The van der Waals surface area contributed by atoms with E-state index in [1.165, 1.54) is 0 Å². The minimum Gasteiger partial charge on any atom is -0.481 e. The zero-order chi connectivity index (χ0) is 17.7. The van der Waals surface area contributed by atoms with Gasteiger partial charge in [-0.15, -0.1) is 0 Å². The molecule has 24 heavy (non-hydrogen) atoms. The highest BCUT2D eigenvalue weighted by molar-refractivity contribution is 6.30. The van der Waals surface area contributed by atoms with Gasteiger partial charge in [0, 0.05) is 11.6 Å². The molecule has 0 aliphatic carbocycles. The molecule has 0 aromatic heterocycles. The van der Waals surface area contributed by atoms with Crippen molar-refractivity contribution in [2.75, 3.05) is 6.54 Å². The van der Waals surface area contributed by atoms with Crippen LogP contribution >= 0.6 is 11.6 Å². The van der Waals surface area contributed by atoms with Gasteiger partial charge in [0.2, 0.25) is 5.91 Å². The quantitative estimate of drug-likeness (QED) is 0.840. The third-order valence-electron chi connectivity index (χ3n) is 4.08. The summed E-state index contributed by atoms with van der Waals surface area (Å²) >= 11 is 6.00. The number of carboxylic acids is 1. The topological polar surface area (TPSA) is 66.4 Å². The lowest BCUT2D eigenvalue weighted by atomic mass is 9.83. The standard InChI is InChI=1S/C19H20ClNO3/c1-19(2,14-9-6-10-15(20)11-14)18(24)21-12-16(17(22)23)13-7-4-3-5-8-13/h3-11,16H,12H2,1-2H3,(H,21,24)(H,22,23). The Bertz CT molecular complexity index is 728. The molecule has 1 unspecified atom stereocenters. The third-order valence-corrected chi connectivity index (χ3v) is 4.32. The molecule has 5 heteroatoms. The number of carboxylic acid groups (broad SMARTS) is 1. The summed E-state index contributed by atoms with van der Waals surface area (Å²) in [6, 6.07) is 16.0. The highest BCUT2D eigenvalue weighted by Crippen LogP contribution is 2.26. The van der Waals surface area contributed by atoms with E-state index in [-0.39, 0.29) is 12.5 Å². The number of hydrogen-bond donors (Lipinski definition) is 2. The highest BCUT2D eigenvalue weighted by Gasteiger charge is 2.31. The number of aliphatic carboxylic acids is 1. The number of halogens is 1. The monoisotopic (exact) mass is 345 g/mol. The zero-order valence-electron chi connectivity index (χ0n) is 13.6. The van der Waals surface area contributed by atoms with Crippen molar-refractivity contribution < 1.29 is 14.7 Å². The predicted octanol–water partition coefficient (Wildman–Crippen LogP) is 3.60. The molecule has 0 heterocycles. The lowest BCUT2D eigenvalue weighted by Crippen LogP contribution is -2.42. The van der Waals surface area contributed by atoms with E-state index in [4.69, 9.17) is 11.6 Å². The van der Waals surface area contributed by atoms with Crippen LogP contribution in [0.5, 0.6) is 0 Å². The molecule has 1 amide bonds. The lowest BCUT2D eigenvalue weighted by Gasteiger charge is -2.25. The largest absolute Gasteiger partial charge is 0.481 e. The Labute approximate surface area is 146 Å². The smallest absolute Gasteiger partial charge is 0.312 e. The van der Waals surface area contributed by atoms with Gasteiger partial charge in [0.25, 0.3) is 0 Å². The molecule has 0 saturated carbocycles. The van der Waals surface area contributed by atoms with Gasteiger partial charge in [-0.1, -0.05) is 54.1 Å². The Kier molecular flexibility index (Phi) is 5.62. The van der Waals surface area contributed by atoms with Crippen LogP contribution in [0.15, 0.2) is 54.6 Å². The maximum Gasteiger partial charge on any atom is 0.312 e. The minimum atomic E-state index is -0.970. The van der Waals surface area contributed by atoms with Crippen molar-refractivity contribution in [3.05, 3.63) is 70.7 Å². The molecular formula is C19H20ClNO3. The molecule has 1 atom stereocenters. The van der Waals surface area contributed by atoms with Gasteiger partial charge in [0.05, 0.1) is 11.3 Å². The first-order chi connectivity index (χ1) is 11.3. The normalized spacial score (nSPS) is 12.5. The average Bonchev–Trinajstić information content (AvgIpc) is 2.55. The molecule has 0 bridgehead atoms. The number of carbonyl (C=O) groups is 2. The molecule has 2 aromatic carbocycles. The summed E-state index contributed by atoms with van der Waals surface area (Å²) in [4.78, 5) is 24.1. The van der Waals surface area contributed by atoms with Crippen LogP contribution in [0.25, 0.3) is 0 Å². The SMILES string of the molecule is CC(C)(C(=O)NCC(C(=O)O)c1ccccc1)c1cccc(Cl)c1.